The number of Topliss-reactive ketones (excluding diaryl/α,β-unsaturated/α-hetero) is 1. The maximum atomic E-state index is 12.5. The molecule has 1 unspecified atom stereocenters. The zero-order valence-corrected chi connectivity index (χ0v) is 12.6. The Morgan fingerprint density at radius 1 is 1.24 bits per heavy atom. The van der Waals surface area contributed by atoms with Gasteiger partial charge in [-0.3, -0.25) is 4.79 Å². The molecule has 3 heteroatoms. The number of carbonyl (C=O) groups is 1. The van der Waals surface area contributed by atoms with Gasteiger partial charge in [-0.2, -0.15) is 0 Å². The van der Waals surface area contributed by atoms with E-state index in [2.05, 4.69) is 6.07 Å². The molecule has 1 aliphatic carbocycles. The average Bonchev–Trinajstić information content (AvgIpc) is 2.48. The summed E-state index contributed by atoms with van der Waals surface area (Å²) >= 11 is 0. The van der Waals surface area contributed by atoms with E-state index in [-0.39, 0.29) is 5.54 Å². The van der Waals surface area contributed by atoms with E-state index in [1.54, 1.807) is 0 Å². The molecule has 1 fully saturated rings. The number of ether oxygens (including phenoxy) is 1. The zero-order chi connectivity index (χ0) is 14.7. The molecule has 0 radical (unpaired) electrons. The summed E-state index contributed by atoms with van der Waals surface area (Å²) in [6.45, 7) is 0.711. The van der Waals surface area contributed by atoms with Crippen LogP contribution >= 0.6 is 0 Å². The third kappa shape index (κ3) is 3.46. The van der Waals surface area contributed by atoms with Crippen LogP contribution in [0.2, 0.25) is 0 Å². The van der Waals surface area contributed by atoms with Crippen LogP contribution in [0.15, 0.2) is 24.3 Å². The fraction of sp³-hybridized carbons (Fsp3) is 0.611. The quantitative estimate of drug-likeness (QED) is 0.921. The van der Waals surface area contributed by atoms with Gasteiger partial charge in [-0.25, -0.2) is 0 Å². The molecule has 2 aliphatic rings. The van der Waals surface area contributed by atoms with Crippen molar-refractivity contribution in [3.8, 4) is 5.75 Å². The van der Waals surface area contributed by atoms with Gasteiger partial charge in [0, 0.05) is 18.4 Å². The van der Waals surface area contributed by atoms with Crippen molar-refractivity contribution in [3.63, 3.8) is 0 Å². The van der Waals surface area contributed by atoms with Crippen molar-refractivity contribution in [2.45, 2.75) is 62.8 Å². The number of rotatable bonds is 4. The second-order valence-electron chi connectivity index (χ2n) is 6.71. The predicted octanol–water partition coefficient (Wildman–Crippen LogP) is 3.56. The Morgan fingerprint density at radius 2 is 2.00 bits per heavy atom. The van der Waals surface area contributed by atoms with Crippen LogP contribution in [0.4, 0.5) is 0 Å². The summed E-state index contributed by atoms with van der Waals surface area (Å²) in [6.07, 6.45) is 7.70. The number of fused-ring (bicyclic) bond motifs is 1. The van der Waals surface area contributed by atoms with Crippen molar-refractivity contribution in [1.29, 1.82) is 0 Å². The smallest absolute Gasteiger partial charge is 0.135 e. The fourth-order valence-corrected chi connectivity index (χ4v) is 3.80. The summed E-state index contributed by atoms with van der Waals surface area (Å²) in [6, 6.07) is 8.10. The molecule has 3 nitrogen and oxygen atoms in total. The first-order chi connectivity index (χ1) is 10.2. The lowest BCUT2D eigenvalue weighted by Gasteiger charge is -2.33. The normalized spacial score (nSPS) is 24.0. The molecule has 21 heavy (non-hydrogen) atoms. The summed E-state index contributed by atoms with van der Waals surface area (Å²) in [4.78, 5) is 12.5. The Kier molecular flexibility index (Phi) is 4.29. The van der Waals surface area contributed by atoms with Crippen LogP contribution in [0, 0.1) is 0 Å². The number of nitrogens with two attached hydrogens (primary N) is 1. The van der Waals surface area contributed by atoms with Crippen LogP contribution in [0.5, 0.6) is 5.75 Å². The molecular formula is C18H25NO2. The van der Waals surface area contributed by atoms with E-state index in [0.29, 0.717) is 31.1 Å². The number of hydrogen-bond donors (Lipinski definition) is 1. The van der Waals surface area contributed by atoms with Gasteiger partial charge in [-0.05, 0) is 36.8 Å². The Hall–Kier alpha value is -1.35. The van der Waals surface area contributed by atoms with Gasteiger partial charge >= 0.3 is 0 Å². The molecule has 1 atom stereocenters. The van der Waals surface area contributed by atoms with Gasteiger partial charge < -0.3 is 10.5 Å². The second-order valence-corrected chi connectivity index (χ2v) is 6.71. The molecule has 3 rings (SSSR count). The van der Waals surface area contributed by atoms with Crippen molar-refractivity contribution in [3.05, 3.63) is 29.8 Å². The minimum atomic E-state index is -0.236. The van der Waals surface area contributed by atoms with E-state index in [4.69, 9.17) is 10.5 Å². The lowest BCUT2D eigenvalue weighted by atomic mass is 9.77. The van der Waals surface area contributed by atoms with Crippen LogP contribution in [-0.2, 0) is 4.79 Å². The SMILES string of the molecule is NC1(CC(=O)CC2CCOc3ccccc32)CCCCC1. The van der Waals surface area contributed by atoms with E-state index in [0.717, 1.165) is 25.0 Å². The molecule has 114 valence electrons. The fourth-order valence-electron chi connectivity index (χ4n) is 3.80. The highest BCUT2D eigenvalue weighted by molar-refractivity contribution is 5.80. The highest BCUT2D eigenvalue weighted by Gasteiger charge is 2.31. The molecule has 1 aromatic carbocycles. The van der Waals surface area contributed by atoms with Crippen LogP contribution in [0.1, 0.15) is 62.8 Å². The summed E-state index contributed by atoms with van der Waals surface area (Å²) in [5.41, 5.74) is 7.36. The molecule has 0 bridgehead atoms. The third-order valence-corrected chi connectivity index (χ3v) is 4.96. The monoisotopic (exact) mass is 287 g/mol. The number of hydrogen-bond acceptors (Lipinski definition) is 3. The van der Waals surface area contributed by atoms with E-state index in [1.165, 1.54) is 24.8 Å². The van der Waals surface area contributed by atoms with Gasteiger partial charge in [-0.1, -0.05) is 37.5 Å². The zero-order valence-electron chi connectivity index (χ0n) is 12.6. The lowest BCUT2D eigenvalue weighted by Crippen LogP contribution is -2.43. The van der Waals surface area contributed by atoms with Gasteiger partial charge in [0.25, 0.3) is 0 Å². The molecule has 1 heterocycles. The van der Waals surface area contributed by atoms with Crippen molar-refractivity contribution in [2.24, 2.45) is 5.73 Å². The standard InChI is InChI=1S/C18H25NO2/c19-18(9-4-1-5-10-18)13-15(20)12-14-8-11-21-17-7-3-2-6-16(14)17/h2-3,6-7,14H,1,4-5,8-13,19H2. The molecule has 2 N–H and O–H groups in total. The Morgan fingerprint density at radius 3 is 2.81 bits per heavy atom. The van der Waals surface area contributed by atoms with Gasteiger partial charge in [0.05, 0.1) is 6.61 Å². The maximum Gasteiger partial charge on any atom is 0.135 e. The second kappa shape index (κ2) is 6.18. The van der Waals surface area contributed by atoms with E-state index < -0.39 is 0 Å². The average molecular weight is 287 g/mol. The molecule has 0 aromatic heterocycles. The number of para-hydroxylation sites is 1. The van der Waals surface area contributed by atoms with E-state index in [1.807, 2.05) is 18.2 Å². The topological polar surface area (TPSA) is 52.3 Å². The Balaban J connectivity index is 1.63. The number of carbonyl (C=O) groups excluding carboxylic acids is 1. The summed E-state index contributed by atoms with van der Waals surface area (Å²) in [5, 5.41) is 0. The third-order valence-electron chi connectivity index (χ3n) is 4.96. The van der Waals surface area contributed by atoms with Crippen LogP contribution in [0.25, 0.3) is 0 Å². The van der Waals surface area contributed by atoms with E-state index >= 15 is 0 Å². The molecule has 1 saturated carbocycles. The van der Waals surface area contributed by atoms with Gasteiger partial charge in [-0.15, -0.1) is 0 Å². The Labute approximate surface area is 126 Å². The molecular weight excluding hydrogens is 262 g/mol. The lowest BCUT2D eigenvalue weighted by molar-refractivity contribution is -0.121. The summed E-state index contributed by atoms with van der Waals surface area (Å²) < 4.78 is 5.67. The minimum absolute atomic E-state index is 0.236. The predicted molar refractivity (Wildman–Crippen MR) is 83.5 cm³/mol. The van der Waals surface area contributed by atoms with Crippen LogP contribution < -0.4 is 10.5 Å². The molecule has 1 aliphatic heterocycles. The molecule has 1 aromatic rings. The van der Waals surface area contributed by atoms with E-state index in [9.17, 15) is 4.79 Å². The largest absolute Gasteiger partial charge is 0.493 e. The highest BCUT2D eigenvalue weighted by atomic mass is 16.5. The van der Waals surface area contributed by atoms with Crippen molar-refractivity contribution in [1.82, 2.24) is 0 Å². The molecule has 0 amide bonds. The Bertz CT molecular complexity index is 506. The summed E-state index contributed by atoms with van der Waals surface area (Å²) in [7, 11) is 0. The van der Waals surface area contributed by atoms with Crippen molar-refractivity contribution < 1.29 is 9.53 Å². The number of benzene rings is 1. The molecule has 0 saturated heterocycles. The first-order valence-electron chi connectivity index (χ1n) is 8.19. The first kappa shape index (κ1) is 14.6. The molecule has 0 spiro atoms. The van der Waals surface area contributed by atoms with Crippen molar-refractivity contribution in [2.75, 3.05) is 6.61 Å². The van der Waals surface area contributed by atoms with Crippen LogP contribution in [0.3, 0.4) is 0 Å². The van der Waals surface area contributed by atoms with Gasteiger partial charge in [0.2, 0.25) is 0 Å². The minimum Gasteiger partial charge on any atom is -0.493 e. The van der Waals surface area contributed by atoms with Gasteiger partial charge in [0.1, 0.15) is 11.5 Å². The van der Waals surface area contributed by atoms with Crippen LogP contribution in [-0.4, -0.2) is 17.9 Å². The summed E-state index contributed by atoms with van der Waals surface area (Å²) in [5.74, 6) is 1.57. The maximum absolute atomic E-state index is 12.5. The van der Waals surface area contributed by atoms with Gasteiger partial charge in [0.15, 0.2) is 0 Å². The number of ketones is 1. The van der Waals surface area contributed by atoms with Crippen molar-refractivity contribution >= 4 is 5.78 Å². The highest BCUT2D eigenvalue weighted by Crippen LogP contribution is 2.37. The first-order valence-corrected chi connectivity index (χ1v) is 8.19.